The van der Waals surface area contributed by atoms with Crippen LogP contribution in [0, 0.1) is 17.3 Å². The molecule has 2 nitrogen and oxygen atoms in total. The predicted molar refractivity (Wildman–Crippen MR) is 105 cm³/mol. The molecular weight excluding hydrogens is 304 g/mol. The van der Waals surface area contributed by atoms with Crippen LogP contribution in [0.15, 0.2) is 0 Å². The van der Waals surface area contributed by atoms with Gasteiger partial charge in [-0.2, -0.15) is 0 Å². The first-order valence-corrected chi connectivity index (χ1v) is 15.8. The van der Waals surface area contributed by atoms with Crippen LogP contribution in [-0.2, 0) is 8.85 Å². The summed E-state index contributed by atoms with van der Waals surface area (Å²) in [5, 5.41) is 0. The molecule has 0 aliphatic heterocycles. The third-order valence-electron chi connectivity index (χ3n) is 3.72. The SMILES string of the molecule is CC(C)CCC(CO[Si](C)(C)C)(CO[Si](C)(C)C)CC(C)C. The van der Waals surface area contributed by atoms with Gasteiger partial charge in [0, 0.05) is 18.6 Å². The average Bonchev–Trinajstić information content (AvgIpc) is 2.28. The molecule has 0 atom stereocenters. The fourth-order valence-corrected chi connectivity index (χ4v) is 4.08. The van der Waals surface area contributed by atoms with Gasteiger partial charge in [-0.3, -0.25) is 0 Å². The van der Waals surface area contributed by atoms with Crippen LogP contribution in [0.5, 0.6) is 0 Å². The first-order valence-electron chi connectivity index (χ1n) is 9.03. The summed E-state index contributed by atoms with van der Waals surface area (Å²) in [6.45, 7) is 24.8. The molecule has 0 fully saturated rings. The van der Waals surface area contributed by atoms with Crippen molar-refractivity contribution in [3.63, 3.8) is 0 Å². The van der Waals surface area contributed by atoms with Crippen molar-refractivity contribution in [2.24, 2.45) is 17.3 Å². The van der Waals surface area contributed by atoms with Gasteiger partial charge in [-0.05, 0) is 64.0 Å². The molecule has 0 amide bonds. The maximum atomic E-state index is 6.37. The molecule has 0 heterocycles. The van der Waals surface area contributed by atoms with Crippen LogP contribution in [0.4, 0.5) is 0 Å². The normalized spacial score (nSPS) is 14.2. The molecule has 134 valence electrons. The van der Waals surface area contributed by atoms with Gasteiger partial charge in [0.05, 0.1) is 0 Å². The van der Waals surface area contributed by atoms with Gasteiger partial charge in [0.2, 0.25) is 0 Å². The third kappa shape index (κ3) is 11.9. The molecule has 0 aromatic rings. The largest absolute Gasteiger partial charge is 0.417 e. The minimum Gasteiger partial charge on any atom is -0.417 e. The summed E-state index contributed by atoms with van der Waals surface area (Å²) in [5.74, 6) is 1.42. The number of hydrogen-bond acceptors (Lipinski definition) is 2. The van der Waals surface area contributed by atoms with Crippen LogP contribution in [0.3, 0.4) is 0 Å². The lowest BCUT2D eigenvalue weighted by Gasteiger charge is -2.39. The molecular formula is C18H42O2Si2. The van der Waals surface area contributed by atoms with E-state index < -0.39 is 16.6 Å². The summed E-state index contributed by atoms with van der Waals surface area (Å²) in [6.07, 6.45) is 3.68. The Labute approximate surface area is 142 Å². The summed E-state index contributed by atoms with van der Waals surface area (Å²) in [6, 6.07) is 0. The van der Waals surface area contributed by atoms with E-state index in [1.165, 1.54) is 19.3 Å². The monoisotopic (exact) mass is 346 g/mol. The first-order chi connectivity index (χ1) is 9.75. The quantitative estimate of drug-likeness (QED) is 0.417. The Hall–Kier alpha value is 0.354. The lowest BCUT2D eigenvalue weighted by molar-refractivity contribution is 0.0399. The molecule has 0 rings (SSSR count). The van der Waals surface area contributed by atoms with E-state index in [4.69, 9.17) is 8.85 Å². The Bertz CT molecular complexity index is 283. The summed E-state index contributed by atoms with van der Waals surface area (Å²) < 4.78 is 12.7. The maximum Gasteiger partial charge on any atom is 0.183 e. The Morgan fingerprint density at radius 1 is 0.727 bits per heavy atom. The summed E-state index contributed by atoms with van der Waals surface area (Å²) in [7, 11) is -2.99. The van der Waals surface area contributed by atoms with Crippen LogP contribution in [0.25, 0.3) is 0 Å². The molecule has 0 N–H and O–H groups in total. The molecule has 0 spiro atoms. The lowest BCUT2D eigenvalue weighted by Crippen LogP contribution is -2.42. The van der Waals surface area contributed by atoms with E-state index in [2.05, 4.69) is 67.0 Å². The molecule has 0 radical (unpaired) electrons. The van der Waals surface area contributed by atoms with Crippen LogP contribution < -0.4 is 0 Å². The molecule has 0 saturated heterocycles. The first kappa shape index (κ1) is 22.4. The van der Waals surface area contributed by atoms with Crippen molar-refractivity contribution in [1.82, 2.24) is 0 Å². The zero-order valence-electron chi connectivity index (χ0n) is 17.0. The van der Waals surface area contributed by atoms with Crippen molar-refractivity contribution >= 4 is 16.6 Å². The zero-order chi connectivity index (χ0) is 17.6. The van der Waals surface area contributed by atoms with E-state index in [9.17, 15) is 0 Å². The van der Waals surface area contributed by atoms with E-state index in [0.29, 0.717) is 5.92 Å². The average molecular weight is 347 g/mol. The molecule has 0 bridgehead atoms. The Morgan fingerprint density at radius 3 is 1.41 bits per heavy atom. The standard InChI is InChI=1S/C18H42O2Si2/c1-16(2)11-12-18(13-17(3)4,14-19-21(5,6)7)15-20-22(8,9)10/h16-17H,11-15H2,1-10H3. The van der Waals surface area contributed by atoms with Gasteiger partial charge in [0.1, 0.15) is 0 Å². The van der Waals surface area contributed by atoms with Gasteiger partial charge >= 0.3 is 0 Å². The highest BCUT2D eigenvalue weighted by atomic mass is 28.4. The van der Waals surface area contributed by atoms with Gasteiger partial charge in [0.25, 0.3) is 0 Å². The van der Waals surface area contributed by atoms with Crippen molar-refractivity contribution in [3.8, 4) is 0 Å². The minimum absolute atomic E-state index is 0.193. The van der Waals surface area contributed by atoms with E-state index in [1.54, 1.807) is 0 Å². The molecule has 22 heavy (non-hydrogen) atoms. The minimum atomic E-state index is -1.49. The molecule has 0 aromatic heterocycles. The van der Waals surface area contributed by atoms with Crippen LogP contribution >= 0.6 is 0 Å². The van der Waals surface area contributed by atoms with Gasteiger partial charge in [-0.15, -0.1) is 0 Å². The van der Waals surface area contributed by atoms with E-state index in [-0.39, 0.29) is 5.41 Å². The van der Waals surface area contributed by atoms with Gasteiger partial charge in [-0.1, -0.05) is 34.1 Å². The molecule has 0 aliphatic rings. The maximum absolute atomic E-state index is 6.37. The second-order valence-electron chi connectivity index (χ2n) is 9.83. The van der Waals surface area contributed by atoms with Crippen molar-refractivity contribution < 1.29 is 8.85 Å². The van der Waals surface area contributed by atoms with E-state index in [1.807, 2.05) is 0 Å². The topological polar surface area (TPSA) is 18.5 Å². The number of hydrogen-bond donors (Lipinski definition) is 0. The highest BCUT2D eigenvalue weighted by molar-refractivity contribution is 6.70. The smallest absolute Gasteiger partial charge is 0.183 e. The van der Waals surface area contributed by atoms with Crippen molar-refractivity contribution in [3.05, 3.63) is 0 Å². The van der Waals surface area contributed by atoms with Gasteiger partial charge in [-0.25, -0.2) is 0 Å². The Kier molecular flexibility index (Phi) is 9.14. The van der Waals surface area contributed by atoms with Gasteiger partial charge in [0.15, 0.2) is 16.6 Å². The molecule has 4 heteroatoms. The molecule has 0 saturated carbocycles. The zero-order valence-corrected chi connectivity index (χ0v) is 19.0. The fourth-order valence-electron chi connectivity index (χ4n) is 2.61. The molecule has 0 unspecified atom stereocenters. The van der Waals surface area contributed by atoms with Crippen LogP contribution in [-0.4, -0.2) is 29.8 Å². The van der Waals surface area contributed by atoms with E-state index in [0.717, 1.165) is 19.1 Å². The highest BCUT2D eigenvalue weighted by Crippen LogP contribution is 2.36. The van der Waals surface area contributed by atoms with Gasteiger partial charge < -0.3 is 8.85 Å². The predicted octanol–water partition coefficient (Wildman–Crippen LogP) is 6.16. The second-order valence-corrected chi connectivity index (χ2v) is 18.9. The molecule has 0 aliphatic carbocycles. The number of rotatable bonds is 11. The van der Waals surface area contributed by atoms with Crippen LogP contribution in [0.1, 0.15) is 47.0 Å². The van der Waals surface area contributed by atoms with Crippen molar-refractivity contribution in [2.75, 3.05) is 13.2 Å². The Balaban J connectivity index is 5.11. The molecule has 0 aromatic carbocycles. The third-order valence-corrected chi connectivity index (χ3v) is 5.74. The fraction of sp³-hybridized carbons (Fsp3) is 1.00. The second kappa shape index (κ2) is 9.00. The lowest BCUT2D eigenvalue weighted by atomic mass is 9.76. The summed E-state index contributed by atoms with van der Waals surface area (Å²) in [4.78, 5) is 0. The summed E-state index contributed by atoms with van der Waals surface area (Å²) in [5.41, 5.74) is 0.193. The van der Waals surface area contributed by atoms with Crippen molar-refractivity contribution in [2.45, 2.75) is 86.2 Å². The summed E-state index contributed by atoms with van der Waals surface area (Å²) >= 11 is 0. The van der Waals surface area contributed by atoms with Crippen molar-refractivity contribution in [1.29, 1.82) is 0 Å². The van der Waals surface area contributed by atoms with E-state index >= 15 is 0 Å². The van der Waals surface area contributed by atoms with Crippen LogP contribution in [0.2, 0.25) is 39.3 Å². The Morgan fingerprint density at radius 2 is 1.14 bits per heavy atom. The highest BCUT2D eigenvalue weighted by Gasteiger charge is 2.35.